The molecule has 2 N–H and O–H groups in total. The van der Waals surface area contributed by atoms with Gasteiger partial charge in [-0.1, -0.05) is 0 Å². The van der Waals surface area contributed by atoms with Crippen LogP contribution in [-0.4, -0.2) is 37.7 Å². The molecule has 3 heterocycles. The van der Waals surface area contributed by atoms with E-state index in [2.05, 4.69) is 35.0 Å². The Kier molecular flexibility index (Phi) is 4.38. The van der Waals surface area contributed by atoms with Crippen LogP contribution in [0.5, 0.6) is 6.01 Å². The topological polar surface area (TPSA) is 88.6 Å². The predicted molar refractivity (Wildman–Crippen MR) is 79.8 cm³/mol. The lowest BCUT2D eigenvalue weighted by Crippen LogP contribution is -2.19. The van der Waals surface area contributed by atoms with E-state index in [1.165, 1.54) is 0 Å². The first-order valence-electron chi connectivity index (χ1n) is 6.66. The summed E-state index contributed by atoms with van der Waals surface area (Å²) in [4.78, 5) is 18.3. The number of anilines is 1. The first-order chi connectivity index (χ1) is 11.4. The van der Waals surface area contributed by atoms with Gasteiger partial charge in [-0.3, -0.25) is 9.97 Å². The highest BCUT2D eigenvalue weighted by molar-refractivity contribution is 6.28. The minimum absolute atomic E-state index is 0.0780. The number of imidazole rings is 1. The van der Waals surface area contributed by atoms with Gasteiger partial charge in [0.1, 0.15) is 0 Å². The molecule has 0 aliphatic rings. The molecule has 0 saturated carbocycles. The smallest absolute Gasteiger partial charge is 0.422 e. The first-order valence-corrected chi connectivity index (χ1v) is 7.04. The Hall–Kier alpha value is -2.62. The van der Waals surface area contributed by atoms with E-state index >= 15 is 0 Å². The van der Waals surface area contributed by atoms with E-state index in [0.717, 1.165) is 5.56 Å². The fourth-order valence-electron chi connectivity index (χ4n) is 1.88. The number of alkyl halides is 3. The molecule has 11 heteroatoms. The summed E-state index contributed by atoms with van der Waals surface area (Å²) < 4.78 is 41.2. The Bertz CT molecular complexity index is 839. The molecule has 7 nitrogen and oxygen atoms in total. The number of fused-ring (bicyclic) bond motifs is 1. The second-order valence-electron chi connectivity index (χ2n) is 4.69. The van der Waals surface area contributed by atoms with Crippen LogP contribution < -0.4 is 10.1 Å². The standard InChI is InChI=1S/C13H10ClF3N6O/c14-11-21-9(19-5-7-1-3-18-4-2-7)8-10(22-11)23-12(20-8)24-6-13(15,16)17/h1-4H,5-6H2,(H2,19,20,21,22,23). The van der Waals surface area contributed by atoms with Crippen molar-refractivity contribution in [2.24, 2.45) is 0 Å². The molecule has 0 bridgehead atoms. The lowest BCUT2D eigenvalue weighted by Gasteiger charge is -2.06. The molecule has 3 aromatic heterocycles. The number of H-pyrrole nitrogens is 1. The van der Waals surface area contributed by atoms with Gasteiger partial charge in [-0.15, -0.1) is 0 Å². The molecule has 0 saturated heterocycles. The van der Waals surface area contributed by atoms with Crippen molar-refractivity contribution in [2.75, 3.05) is 11.9 Å². The number of aromatic nitrogens is 5. The summed E-state index contributed by atoms with van der Waals surface area (Å²) in [6.45, 7) is -1.07. The molecule has 24 heavy (non-hydrogen) atoms. The largest absolute Gasteiger partial charge is 0.455 e. The van der Waals surface area contributed by atoms with E-state index in [9.17, 15) is 13.2 Å². The van der Waals surface area contributed by atoms with E-state index in [1.54, 1.807) is 24.5 Å². The van der Waals surface area contributed by atoms with Gasteiger partial charge < -0.3 is 10.1 Å². The molecule has 0 unspecified atom stereocenters. The van der Waals surface area contributed by atoms with Gasteiger partial charge in [-0.2, -0.15) is 28.1 Å². The third kappa shape index (κ3) is 4.02. The number of nitrogens with one attached hydrogen (secondary N) is 2. The van der Waals surface area contributed by atoms with Crippen molar-refractivity contribution >= 4 is 28.6 Å². The Labute approximate surface area is 138 Å². The molecule has 3 aromatic rings. The molecule has 0 aromatic carbocycles. The molecule has 126 valence electrons. The SMILES string of the molecule is FC(F)(F)COc1nc2c(NCc3ccncc3)nc(Cl)nc2[nH]1. The summed E-state index contributed by atoms with van der Waals surface area (Å²) in [6, 6.07) is 3.29. The number of pyridine rings is 1. The summed E-state index contributed by atoms with van der Waals surface area (Å²) in [6.07, 6.45) is -1.20. The van der Waals surface area contributed by atoms with Crippen molar-refractivity contribution < 1.29 is 17.9 Å². The minimum atomic E-state index is -4.47. The van der Waals surface area contributed by atoms with Gasteiger partial charge in [0.25, 0.3) is 6.01 Å². The monoisotopic (exact) mass is 358 g/mol. The normalized spacial score (nSPS) is 11.7. The van der Waals surface area contributed by atoms with Gasteiger partial charge in [0, 0.05) is 18.9 Å². The van der Waals surface area contributed by atoms with Crippen molar-refractivity contribution in [2.45, 2.75) is 12.7 Å². The maximum Gasteiger partial charge on any atom is 0.422 e. The van der Waals surface area contributed by atoms with Crippen molar-refractivity contribution in [1.29, 1.82) is 0 Å². The molecule has 0 aliphatic carbocycles. The predicted octanol–water partition coefficient (Wildman–Crippen LogP) is 2.95. The zero-order chi connectivity index (χ0) is 17.2. The summed E-state index contributed by atoms with van der Waals surface area (Å²) in [7, 11) is 0. The molecule has 0 atom stereocenters. The third-order valence-electron chi connectivity index (χ3n) is 2.88. The van der Waals surface area contributed by atoms with E-state index in [1.807, 2.05) is 0 Å². The Morgan fingerprint density at radius 1 is 1.17 bits per heavy atom. The number of ether oxygens (including phenoxy) is 1. The highest BCUT2D eigenvalue weighted by atomic mass is 35.5. The number of rotatable bonds is 5. The van der Waals surface area contributed by atoms with Crippen molar-refractivity contribution in [1.82, 2.24) is 24.9 Å². The lowest BCUT2D eigenvalue weighted by molar-refractivity contribution is -0.154. The second kappa shape index (κ2) is 6.48. The maximum absolute atomic E-state index is 12.2. The number of hydrogen-bond acceptors (Lipinski definition) is 6. The average molecular weight is 359 g/mol. The highest BCUT2D eigenvalue weighted by Crippen LogP contribution is 2.24. The lowest BCUT2D eigenvalue weighted by atomic mass is 10.3. The van der Waals surface area contributed by atoms with Crippen LogP contribution in [0.2, 0.25) is 5.28 Å². The fraction of sp³-hybridized carbons (Fsp3) is 0.231. The minimum Gasteiger partial charge on any atom is -0.455 e. The second-order valence-corrected chi connectivity index (χ2v) is 5.03. The summed E-state index contributed by atoms with van der Waals surface area (Å²) >= 11 is 5.82. The van der Waals surface area contributed by atoms with E-state index < -0.39 is 12.8 Å². The Morgan fingerprint density at radius 2 is 1.92 bits per heavy atom. The number of halogens is 4. The Morgan fingerprint density at radius 3 is 2.62 bits per heavy atom. The van der Waals surface area contributed by atoms with Gasteiger partial charge >= 0.3 is 6.18 Å². The molecule has 0 amide bonds. The van der Waals surface area contributed by atoms with E-state index in [-0.39, 0.29) is 28.3 Å². The maximum atomic E-state index is 12.2. The highest BCUT2D eigenvalue weighted by Gasteiger charge is 2.29. The molecule has 0 spiro atoms. The molecular formula is C13H10ClF3N6O. The van der Waals surface area contributed by atoms with Crippen molar-refractivity contribution in [3.63, 3.8) is 0 Å². The van der Waals surface area contributed by atoms with Crippen LogP contribution in [0.4, 0.5) is 19.0 Å². The van der Waals surface area contributed by atoms with Gasteiger partial charge in [0.2, 0.25) is 5.28 Å². The van der Waals surface area contributed by atoms with E-state index in [0.29, 0.717) is 6.54 Å². The van der Waals surface area contributed by atoms with Gasteiger partial charge in [-0.25, -0.2) is 0 Å². The van der Waals surface area contributed by atoms with Crippen LogP contribution in [0.3, 0.4) is 0 Å². The average Bonchev–Trinajstić information content (AvgIpc) is 2.94. The van der Waals surface area contributed by atoms with Crippen LogP contribution in [0.1, 0.15) is 5.56 Å². The van der Waals surface area contributed by atoms with Gasteiger partial charge in [0.05, 0.1) is 0 Å². The van der Waals surface area contributed by atoms with Crippen LogP contribution in [0, 0.1) is 0 Å². The summed E-state index contributed by atoms with van der Waals surface area (Å²) in [5.74, 6) is 0.278. The number of hydrogen-bond donors (Lipinski definition) is 2. The van der Waals surface area contributed by atoms with Gasteiger partial charge in [0.15, 0.2) is 23.6 Å². The van der Waals surface area contributed by atoms with Crippen LogP contribution in [0.25, 0.3) is 11.2 Å². The molecule has 0 fully saturated rings. The van der Waals surface area contributed by atoms with Crippen molar-refractivity contribution in [3.8, 4) is 6.01 Å². The number of nitrogens with zero attached hydrogens (tertiary/aromatic N) is 4. The third-order valence-corrected chi connectivity index (χ3v) is 3.05. The zero-order valence-corrected chi connectivity index (χ0v) is 12.7. The van der Waals surface area contributed by atoms with E-state index in [4.69, 9.17) is 11.6 Å². The fourth-order valence-corrected chi connectivity index (χ4v) is 2.05. The summed E-state index contributed by atoms with van der Waals surface area (Å²) in [5.41, 5.74) is 1.33. The Balaban J connectivity index is 1.83. The number of aromatic amines is 1. The summed E-state index contributed by atoms with van der Waals surface area (Å²) in [5, 5.41) is 2.93. The van der Waals surface area contributed by atoms with Gasteiger partial charge in [-0.05, 0) is 29.3 Å². The zero-order valence-electron chi connectivity index (χ0n) is 11.9. The van der Waals surface area contributed by atoms with Crippen molar-refractivity contribution in [3.05, 3.63) is 35.4 Å². The molecule has 0 aliphatic heterocycles. The quantitative estimate of drug-likeness (QED) is 0.682. The molecule has 3 rings (SSSR count). The molecule has 0 radical (unpaired) electrons. The molecular weight excluding hydrogens is 349 g/mol. The van der Waals surface area contributed by atoms with Crippen LogP contribution in [-0.2, 0) is 6.54 Å². The van der Waals surface area contributed by atoms with Crippen LogP contribution in [0.15, 0.2) is 24.5 Å². The van der Waals surface area contributed by atoms with Crippen LogP contribution >= 0.6 is 11.6 Å². The first kappa shape index (κ1) is 16.2.